The van der Waals surface area contributed by atoms with Crippen molar-refractivity contribution in [1.82, 2.24) is 5.43 Å². The van der Waals surface area contributed by atoms with Crippen LogP contribution in [0.4, 0.5) is 11.4 Å². The lowest BCUT2D eigenvalue weighted by molar-refractivity contribution is 1.05. The maximum Gasteiger partial charge on any atom is 0.191 e. The molecule has 0 saturated carbocycles. The molecule has 0 aliphatic rings. The highest BCUT2D eigenvalue weighted by atomic mass is 35.5. The number of thiocarbonyl (C=S) groups is 1. The molecule has 0 amide bonds. The minimum absolute atomic E-state index is 0.329. The van der Waals surface area contributed by atoms with E-state index in [1.54, 1.807) is 24.4 Å². The molecular formula is C16H16Cl2N4S. The number of nitrogens with zero attached hydrogens (tertiary/aromatic N) is 2. The first-order valence-corrected chi connectivity index (χ1v) is 7.95. The van der Waals surface area contributed by atoms with Crippen molar-refractivity contribution in [2.24, 2.45) is 5.10 Å². The topological polar surface area (TPSA) is 39.7 Å². The number of halogens is 2. The molecule has 7 heteroatoms. The molecule has 0 unspecified atom stereocenters. The summed E-state index contributed by atoms with van der Waals surface area (Å²) in [5.74, 6) is 0. The summed E-state index contributed by atoms with van der Waals surface area (Å²) in [6.45, 7) is 0. The summed E-state index contributed by atoms with van der Waals surface area (Å²) in [5.41, 5.74) is 5.46. The smallest absolute Gasteiger partial charge is 0.191 e. The van der Waals surface area contributed by atoms with E-state index in [9.17, 15) is 0 Å². The lowest BCUT2D eigenvalue weighted by Gasteiger charge is -2.11. The van der Waals surface area contributed by atoms with Crippen LogP contribution in [0, 0.1) is 0 Å². The first-order valence-electron chi connectivity index (χ1n) is 6.79. The Hall–Kier alpha value is -1.82. The third-order valence-corrected chi connectivity index (χ3v) is 4.00. The summed E-state index contributed by atoms with van der Waals surface area (Å²) in [4.78, 5) is 2.03. The van der Waals surface area contributed by atoms with E-state index in [0.717, 1.165) is 11.3 Å². The Bertz CT molecular complexity index is 715. The van der Waals surface area contributed by atoms with Crippen molar-refractivity contribution < 1.29 is 0 Å². The van der Waals surface area contributed by atoms with Gasteiger partial charge in [-0.05, 0) is 42.0 Å². The second-order valence-corrected chi connectivity index (χ2v) is 6.10. The third-order valence-electron chi connectivity index (χ3n) is 2.99. The maximum atomic E-state index is 6.08. The fourth-order valence-corrected chi connectivity index (χ4v) is 2.29. The highest BCUT2D eigenvalue weighted by molar-refractivity contribution is 7.80. The highest BCUT2D eigenvalue weighted by Crippen LogP contribution is 2.29. The Morgan fingerprint density at radius 3 is 2.48 bits per heavy atom. The predicted octanol–water partition coefficient (Wildman–Crippen LogP) is 4.38. The number of rotatable bonds is 4. The second kappa shape index (κ2) is 8.15. The molecule has 0 bridgehead atoms. The first-order chi connectivity index (χ1) is 11.0. The molecule has 0 spiro atoms. The van der Waals surface area contributed by atoms with Crippen molar-refractivity contribution in [3.8, 4) is 0 Å². The molecule has 120 valence electrons. The molecule has 0 fully saturated rings. The number of benzene rings is 2. The molecule has 4 nitrogen and oxygen atoms in total. The number of hydrogen-bond acceptors (Lipinski definition) is 3. The Morgan fingerprint density at radius 1 is 1.13 bits per heavy atom. The van der Waals surface area contributed by atoms with Crippen molar-refractivity contribution in [2.45, 2.75) is 0 Å². The van der Waals surface area contributed by atoms with Crippen LogP contribution in [-0.4, -0.2) is 25.4 Å². The normalized spacial score (nSPS) is 10.6. The molecule has 0 saturated heterocycles. The summed E-state index contributed by atoms with van der Waals surface area (Å²) in [7, 11) is 3.99. The lowest BCUT2D eigenvalue weighted by Crippen LogP contribution is -2.24. The summed E-state index contributed by atoms with van der Waals surface area (Å²) >= 11 is 17.2. The zero-order valence-electron chi connectivity index (χ0n) is 12.7. The Morgan fingerprint density at radius 2 is 1.83 bits per heavy atom. The average molecular weight is 367 g/mol. The van der Waals surface area contributed by atoms with Gasteiger partial charge in [0, 0.05) is 19.8 Å². The van der Waals surface area contributed by atoms with Gasteiger partial charge in [-0.25, -0.2) is 0 Å². The fourth-order valence-electron chi connectivity index (χ4n) is 1.77. The van der Waals surface area contributed by atoms with Gasteiger partial charge in [-0.2, -0.15) is 5.10 Å². The van der Waals surface area contributed by atoms with E-state index in [4.69, 9.17) is 35.4 Å². The van der Waals surface area contributed by atoms with Crippen LogP contribution in [0.25, 0.3) is 0 Å². The van der Waals surface area contributed by atoms with Gasteiger partial charge in [0.25, 0.3) is 0 Å². The highest BCUT2D eigenvalue weighted by Gasteiger charge is 2.05. The van der Waals surface area contributed by atoms with Gasteiger partial charge in [-0.1, -0.05) is 41.4 Å². The van der Waals surface area contributed by atoms with Crippen LogP contribution in [0.2, 0.25) is 10.0 Å². The van der Waals surface area contributed by atoms with E-state index >= 15 is 0 Å². The van der Waals surface area contributed by atoms with Gasteiger partial charge in [0.15, 0.2) is 5.11 Å². The Kier molecular flexibility index (Phi) is 6.21. The van der Waals surface area contributed by atoms with E-state index in [1.165, 1.54) is 0 Å². The van der Waals surface area contributed by atoms with Crippen LogP contribution >= 0.6 is 35.4 Å². The zero-order chi connectivity index (χ0) is 16.8. The van der Waals surface area contributed by atoms with Crippen LogP contribution in [-0.2, 0) is 0 Å². The minimum Gasteiger partial charge on any atom is -0.378 e. The van der Waals surface area contributed by atoms with Gasteiger partial charge in [-0.3, -0.25) is 5.43 Å². The number of anilines is 2. The standard InChI is InChI=1S/C16H16Cl2N4S/c1-22(2)12-8-6-11(7-9-12)10-19-21-16(23)20-14-5-3-4-13(17)15(14)18/h3-10H,1-2H3,(H2,20,21,23)/b19-10+. The van der Waals surface area contributed by atoms with E-state index in [2.05, 4.69) is 15.8 Å². The van der Waals surface area contributed by atoms with Gasteiger partial charge >= 0.3 is 0 Å². The summed E-state index contributed by atoms with van der Waals surface area (Å²) in [6, 6.07) is 13.3. The third kappa shape index (κ3) is 5.10. The second-order valence-electron chi connectivity index (χ2n) is 4.91. The van der Waals surface area contributed by atoms with E-state index in [0.29, 0.717) is 20.8 Å². The van der Waals surface area contributed by atoms with Crippen LogP contribution in [0.3, 0.4) is 0 Å². The van der Waals surface area contributed by atoms with Crippen molar-refractivity contribution in [3.05, 3.63) is 58.1 Å². The lowest BCUT2D eigenvalue weighted by atomic mass is 10.2. The number of hydrazone groups is 1. The first kappa shape index (κ1) is 17.5. The van der Waals surface area contributed by atoms with Gasteiger partial charge in [0.1, 0.15) is 0 Å². The molecule has 0 radical (unpaired) electrons. The average Bonchev–Trinajstić information content (AvgIpc) is 2.52. The van der Waals surface area contributed by atoms with Crippen LogP contribution in [0.1, 0.15) is 5.56 Å². The van der Waals surface area contributed by atoms with Gasteiger partial charge in [-0.15, -0.1) is 0 Å². The molecule has 2 rings (SSSR count). The van der Waals surface area contributed by atoms with E-state index < -0.39 is 0 Å². The van der Waals surface area contributed by atoms with Gasteiger partial charge in [0.2, 0.25) is 0 Å². The van der Waals surface area contributed by atoms with Crippen LogP contribution < -0.4 is 15.6 Å². The molecule has 2 aromatic rings. The van der Waals surface area contributed by atoms with Crippen molar-refractivity contribution >= 4 is 58.1 Å². The van der Waals surface area contributed by atoms with E-state index in [-0.39, 0.29) is 0 Å². The van der Waals surface area contributed by atoms with Gasteiger partial charge < -0.3 is 10.2 Å². The molecular weight excluding hydrogens is 351 g/mol. The fraction of sp³-hybridized carbons (Fsp3) is 0.125. The largest absolute Gasteiger partial charge is 0.378 e. The quantitative estimate of drug-likeness (QED) is 0.478. The SMILES string of the molecule is CN(C)c1ccc(/C=N/NC(=S)Nc2cccc(Cl)c2Cl)cc1. The molecule has 0 atom stereocenters. The summed E-state index contributed by atoms with van der Waals surface area (Å²) in [5, 5.41) is 8.25. The number of hydrogen-bond donors (Lipinski definition) is 2. The van der Waals surface area contributed by atoms with Crippen LogP contribution in [0.15, 0.2) is 47.6 Å². The summed E-state index contributed by atoms with van der Waals surface area (Å²) < 4.78 is 0. The minimum atomic E-state index is 0.329. The van der Waals surface area contributed by atoms with Crippen molar-refractivity contribution in [3.63, 3.8) is 0 Å². The van der Waals surface area contributed by atoms with Crippen LogP contribution in [0.5, 0.6) is 0 Å². The number of nitrogens with one attached hydrogen (secondary N) is 2. The molecule has 0 aliphatic heterocycles. The Balaban J connectivity index is 1.92. The summed E-state index contributed by atoms with van der Waals surface area (Å²) in [6.07, 6.45) is 1.69. The van der Waals surface area contributed by atoms with Gasteiger partial charge in [0.05, 0.1) is 21.9 Å². The zero-order valence-corrected chi connectivity index (χ0v) is 15.0. The monoisotopic (exact) mass is 366 g/mol. The predicted molar refractivity (Wildman–Crippen MR) is 104 cm³/mol. The van der Waals surface area contributed by atoms with E-state index in [1.807, 2.05) is 43.3 Å². The molecule has 0 aliphatic carbocycles. The Labute approximate surface area is 151 Å². The molecule has 23 heavy (non-hydrogen) atoms. The van der Waals surface area contributed by atoms with Crippen molar-refractivity contribution in [1.29, 1.82) is 0 Å². The molecule has 0 heterocycles. The molecule has 2 N–H and O–H groups in total. The molecule has 0 aromatic heterocycles. The van der Waals surface area contributed by atoms with Crippen molar-refractivity contribution in [2.75, 3.05) is 24.3 Å². The maximum absolute atomic E-state index is 6.08. The molecule has 2 aromatic carbocycles.